The number of benzene rings is 1. The van der Waals surface area contributed by atoms with E-state index in [1.807, 2.05) is 36.4 Å². The minimum Gasteiger partial charge on any atom is -0.356 e. The van der Waals surface area contributed by atoms with Crippen molar-refractivity contribution in [3.05, 3.63) is 41.6 Å². The quantitative estimate of drug-likeness (QED) is 0.726. The third kappa shape index (κ3) is 4.18. The van der Waals surface area contributed by atoms with Crippen molar-refractivity contribution >= 4 is 17.4 Å². The molecule has 0 radical (unpaired) electrons. The molecule has 0 aliphatic carbocycles. The van der Waals surface area contributed by atoms with Gasteiger partial charge in [0.25, 0.3) is 0 Å². The molecule has 1 aromatic carbocycles. The third-order valence-corrected chi connectivity index (χ3v) is 3.84. The molecule has 2 aromatic rings. The molecule has 0 fully saturated rings. The van der Waals surface area contributed by atoms with Gasteiger partial charge in [0.05, 0.1) is 0 Å². The van der Waals surface area contributed by atoms with Gasteiger partial charge in [-0.3, -0.25) is 0 Å². The second-order valence-electron chi connectivity index (χ2n) is 5.29. The molecule has 0 bridgehead atoms. The Morgan fingerprint density at radius 2 is 1.86 bits per heavy atom. The zero-order valence-electron chi connectivity index (χ0n) is 12.9. The zero-order valence-corrected chi connectivity index (χ0v) is 13.6. The number of anilines is 1. The number of nitrogens with zero attached hydrogens (tertiary/aromatic N) is 3. The molecule has 1 unspecified atom stereocenters. The van der Waals surface area contributed by atoms with Gasteiger partial charge >= 0.3 is 0 Å². The fraction of sp³-hybridized carbons (Fsp3) is 0.412. The van der Waals surface area contributed by atoms with Crippen LogP contribution in [0.3, 0.4) is 0 Å². The van der Waals surface area contributed by atoms with Crippen molar-refractivity contribution in [2.45, 2.75) is 27.2 Å². The lowest BCUT2D eigenvalue weighted by atomic mass is 10.1. The van der Waals surface area contributed by atoms with Crippen LogP contribution in [0.1, 0.15) is 27.2 Å². The van der Waals surface area contributed by atoms with Gasteiger partial charge in [-0.2, -0.15) is 0 Å². The van der Waals surface area contributed by atoms with Crippen molar-refractivity contribution in [3.8, 4) is 11.4 Å². The van der Waals surface area contributed by atoms with Gasteiger partial charge in [0, 0.05) is 24.7 Å². The monoisotopic (exact) mass is 303 g/mol. The van der Waals surface area contributed by atoms with Crippen molar-refractivity contribution in [2.75, 3.05) is 18.0 Å². The summed E-state index contributed by atoms with van der Waals surface area (Å²) in [5.41, 5.74) is 0.987. The highest BCUT2D eigenvalue weighted by Crippen LogP contribution is 2.23. The van der Waals surface area contributed by atoms with E-state index in [2.05, 4.69) is 30.7 Å². The van der Waals surface area contributed by atoms with E-state index in [1.165, 1.54) is 0 Å². The fourth-order valence-corrected chi connectivity index (χ4v) is 2.35. The minimum absolute atomic E-state index is 0.487. The highest BCUT2D eigenvalue weighted by atomic mass is 35.5. The van der Waals surface area contributed by atoms with Crippen LogP contribution in [0.4, 0.5) is 5.82 Å². The van der Waals surface area contributed by atoms with Crippen LogP contribution < -0.4 is 4.90 Å². The van der Waals surface area contributed by atoms with Crippen LogP contribution in [-0.4, -0.2) is 23.1 Å². The molecule has 0 saturated heterocycles. The van der Waals surface area contributed by atoms with Crippen molar-refractivity contribution in [1.29, 1.82) is 0 Å². The summed E-state index contributed by atoms with van der Waals surface area (Å²) < 4.78 is 0. The molecule has 2 rings (SSSR count). The van der Waals surface area contributed by atoms with Crippen LogP contribution in [0.5, 0.6) is 0 Å². The Balaban J connectivity index is 2.34. The summed E-state index contributed by atoms with van der Waals surface area (Å²) in [6, 6.07) is 11.8. The smallest absolute Gasteiger partial charge is 0.163 e. The molecule has 21 heavy (non-hydrogen) atoms. The summed E-state index contributed by atoms with van der Waals surface area (Å²) in [5.74, 6) is 2.20. The predicted octanol–water partition coefficient (Wildman–Crippen LogP) is 4.67. The van der Waals surface area contributed by atoms with E-state index in [9.17, 15) is 0 Å². The molecule has 0 saturated carbocycles. The molecule has 1 atom stereocenters. The first-order valence-electron chi connectivity index (χ1n) is 7.49. The minimum atomic E-state index is 0.487. The van der Waals surface area contributed by atoms with E-state index in [0.717, 1.165) is 30.9 Å². The molecule has 4 heteroatoms. The van der Waals surface area contributed by atoms with E-state index in [-0.39, 0.29) is 0 Å². The van der Waals surface area contributed by atoms with Crippen LogP contribution >= 0.6 is 11.6 Å². The maximum Gasteiger partial charge on any atom is 0.163 e. The Hall–Kier alpha value is -1.61. The maximum absolute atomic E-state index is 6.19. The average Bonchev–Trinajstić information content (AvgIpc) is 2.52. The van der Waals surface area contributed by atoms with Crippen LogP contribution in [0.2, 0.25) is 5.15 Å². The lowest BCUT2D eigenvalue weighted by Crippen LogP contribution is -2.29. The predicted molar refractivity (Wildman–Crippen MR) is 89.8 cm³/mol. The lowest BCUT2D eigenvalue weighted by Gasteiger charge is -2.25. The van der Waals surface area contributed by atoms with Crippen molar-refractivity contribution in [3.63, 3.8) is 0 Å². The highest BCUT2D eigenvalue weighted by molar-refractivity contribution is 6.29. The van der Waals surface area contributed by atoms with Crippen LogP contribution in [0.15, 0.2) is 36.4 Å². The summed E-state index contributed by atoms with van der Waals surface area (Å²) in [7, 11) is 0. The Bertz CT molecular complexity index is 572. The van der Waals surface area contributed by atoms with Gasteiger partial charge in [0.15, 0.2) is 5.82 Å². The molecular formula is C17H22ClN3. The largest absolute Gasteiger partial charge is 0.356 e. The molecule has 112 valence electrons. The molecule has 0 spiro atoms. The normalized spacial score (nSPS) is 12.2. The van der Waals surface area contributed by atoms with Gasteiger partial charge in [-0.1, -0.05) is 62.2 Å². The Labute approximate surface area is 132 Å². The van der Waals surface area contributed by atoms with E-state index in [4.69, 9.17) is 16.6 Å². The first kappa shape index (κ1) is 15.8. The van der Waals surface area contributed by atoms with E-state index in [1.54, 1.807) is 0 Å². The standard InChI is InChI=1S/C17H22ClN3/c1-4-13(3)12-21(5-2)16-11-15(18)19-17(20-16)14-9-7-6-8-10-14/h6-11,13H,4-5,12H2,1-3H3. The molecule has 0 aliphatic heterocycles. The summed E-state index contributed by atoms with van der Waals surface area (Å²) in [6.45, 7) is 8.49. The molecule has 0 aliphatic rings. The number of hydrogen-bond acceptors (Lipinski definition) is 3. The fourth-order valence-electron chi connectivity index (χ4n) is 2.17. The van der Waals surface area contributed by atoms with Crippen LogP contribution in [-0.2, 0) is 0 Å². The molecule has 0 N–H and O–H groups in total. The Morgan fingerprint density at radius 1 is 1.14 bits per heavy atom. The first-order chi connectivity index (χ1) is 10.1. The van der Waals surface area contributed by atoms with E-state index >= 15 is 0 Å². The topological polar surface area (TPSA) is 29.0 Å². The van der Waals surface area contributed by atoms with Crippen molar-refractivity contribution < 1.29 is 0 Å². The SMILES string of the molecule is CCC(C)CN(CC)c1cc(Cl)nc(-c2ccccc2)n1. The first-order valence-corrected chi connectivity index (χ1v) is 7.86. The third-order valence-electron chi connectivity index (χ3n) is 3.65. The van der Waals surface area contributed by atoms with Gasteiger partial charge in [0.1, 0.15) is 11.0 Å². The second-order valence-corrected chi connectivity index (χ2v) is 5.68. The number of halogens is 1. The lowest BCUT2D eigenvalue weighted by molar-refractivity contribution is 0.545. The van der Waals surface area contributed by atoms with Gasteiger partial charge in [-0.15, -0.1) is 0 Å². The zero-order chi connectivity index (χ0) is 15.2. The maximum atomic E-state index is 6.19. The van der Waals surface area contributed by atoms with Crippen LogP contribution in [0, 0.1) is 5.92 Å². The molecule has 3 nitrogen and oxygen atoms in total. The van der Waals surface area contributed by atoms with Gasteiger partial charge in [-0.25, -0.2) is 9.97 Å². The highest BCUT2D eigenvalue weighted by Gasteiger charge is 2.13. The Kier molecular flexibility index (Phi) is 5.57. The summed E-state index contributed by atoms with van der Waals surface area (Å²) >= 11 is 6.19. The summed E-state index contributed by atoms with van der Waals surface area (Å²) in [4.78, 5) is 11.3. The van der Waals surface area contributed by atoms with E-state index < -0.39 is 0 Å². The summed E-state index contributed by atoms with van der Waals surface area (Å²) in [5, 5.41) is 0.487. The van der Waals surface area contributed by atoms with Gasteiger partial charge in [-0.05, 0) is 12.8 Å². The van der Waals surface area contributed by atoms with Crippen molar-refractivity contribution in [1.82, 2.24) is 9.97 Å². The second kappa shape index (κ2) is 7.41. The average molecular weight is 304 g/mol. The Morgan fingerprint density at radius 3 is 2.48 bits per heavy atom. The molecule has 1 aromatic heterocycles. The number of hydrogen-bond donors (Lipinski definition) is 0. The summed E-state index contributed by atoms with van der Waals surface area (Å²) in [6.07, 6.45) is 1.15. The molecular weight excluding hydrogens is 282 g/mol. The van der Waals surface area contributed by atoms with Crippen LogP contribution in [0.25, 0.3) is 11.4 Å². The van der Waals surface area contributed by atoms with Gasteiger partial charge < -0.3 is 4.90 Å². The molecule has 1 heterocycles. The van der Waals surface area contributed by atoms with E-state index in [0.29, 0.717) is 16.9 Å². The van der Waals surface area contributed by atoms with Crippen molar-refractivity contribution in [2.24, 2.45) is 5.92 Å². The van der Waals surface area contributed by atoms with Gasteiger partial charge in [0.2, 0.25) is 0 Å². The number of aromatic nitrogens is 2. The number of rotatable bonds is 6. The molecule has 0 amide bonds.